The third-order valence-corrected chi connectivity index (χ3v) is 6.57. The molecule has 0 aromatic heterocycles. The van der Waals surface area contributed by atoms with E-state index in [4.69, 9.17) is 4.74 Å². The van der Waals surface area contributed by atoms with Gasteiger partial charge in [-0.05, 0) is 37.3 Å². The van der Waals surface area contributed by atoms with Crippen LogP contribution in [0.25, 0.3) is 0 Å². The van der Waals surface area contributed by atoms with E-state index in [9.17, 15) is 22.8 Å². The van der Waals surface area contributed by atoms with Crippen LogP contribution in [0.3, 0.4) is 0 Å². The number of ether oxygens (including phenoxy) is 1. The van der Waals surface area contributed by atoms with Crippen molar-refractivity contribution in [3.8, 4) is 0 Å². The fourth-order valence-electron chi connectivity index (χ4n) is 2.96. The van der Waals surface area contributed by atoms with E-state index in [2.05, 4.69) is 5.32 Å². The summed E-state index contributed by atoms with van der Waals surface area (Å²) in [6, 6.07) is 12.8. The van der Waals surface area contributed by atoms with Crippen LogP contribution < -0.4 is 9.62 Å². The minimum Gasteiger partial charge on any atom is -0.462 e. The van der Waals surface area contributed by atoms with Crippen molar-refractivity contribution >= 4 is 50.9 Å². The number of hydrogen-bond donors (Lipinski definition) is 1. The second-order valence-electron chi connectivity index (χ2n) is 6.49. The zero-order valence-corrected chi connectivity index (χ0v) is 18.0. The van der Waals surface area contributed by atoms with Gasteiger partial charge in [0.2, 0.25) is 21.8 Å². The molecule has 1 heterocycles. The van der Waals surface area contributed by atoms with E-state index >= 15 is 0 Å². The first-order valence-electron chi connectivity index (χ1n) is 9.07. The second kappa shape index (κ2) is 8.88. The van der Waals surface area contributed by atoms with Gasteiger partial charge in [-0.15, -0.1) is 11.8 Å². The van der Waals surface area contributed by atoms with Gasteiger partial charge in [0.05, 0.1) is 35.1 Å². The lowest BCUT2D eigenvalue weighted by Gasteiger charge is -2.26. The predicted octanol–water partition coefficient (Wildman–Crippen LogP) is 2.66. The SMILES string of the molecule is CCOC(=O)c1cccc(N(C(=O)CC2Sc3ccccc3NC2=O)S(C)(=O)=O)c1. The highest BCUT2D eigenvalue weighted by atomic mass is 32.2. The average molecular weight is 449 g/mol. The van der Waals surface area contributed by atoms with Gasteiger partial charge in [-0.1, -0.05) is 18.2 Å². The Bertz CT molecular complexity index is 1100. The molecular weight excluding hydrogens is 428 g/mol. The lowest BCUT2D eigenvalue weighted by molar-refractivity contribution is -0.121. The Morgan fingerprint density at radius 3 is 2.60 bits per heavy atom. The number of carbonyl (C=O) groups is 3. The maximum absolute atomic E-state index is 13.0. The number of fused-ring (bicyclic) bond motifs is 1. The summed E-state index contributed by atoms with van der Waals surface area (Å²) < 4.78 is 30.3. The summed E-state index contributed by atoms with van der Waals surface area (Å²) in [5.74, 6) is -1.77. The van der Waals surface area contributed by atoms with Crippen LogP contribution in [0.15, 0.2) is 53.4 Å². The summed E-state index contributed by atoms with van der Waals surface area (Å²) in [5.41, 5.74) is 0.780. The molecule has 0 saturated carbocycles. The smallest absolute Gasteiger partial charge is 0.338 e. The molecule has 0 radical (unpaired) electrons. The Labute approximate surface area is 178 Å². The lowest BCUT2D eigenvalue weighted by atomic mass is 10.2. The number of amides is 2. The molecule has 1 atom stereocenters. The number of carbonyl (C=O) groups excluding carboxylic acids is 3. The molecule has 1 aliphatic heterocycles. The monoisotopic (exact) mass is 448 g/mol. The summed E-state index contributed by atoms with van der Waals surface area (Å²) in [6.45, 7) is 1.81. The number of sulfonamides is 1. The standard InChI is InChI=1S/C20H20N2O6S2/c1-3-28-20(25)13-7-6-8-14(11-13)22(30(2,26)27)18(23)12-17-19(24)21-15-9-4-5-10-16(15)29-17/h4-11,17H,3,12H2,1-2H3,(H,21,24). The summed E-state index contributed by atoms with van der Waals surface area (Å²) in [4.78, 5) is 38.1. The maximum Gasteiger partial charge on any atom is 0.338 e. The van der Waals surface area contributed by atoms with Gasteiger partial charge < -0.3 is 10.1 Å². The summed E-state index contributed by atoms with van der Waals surface area (Å²) >= 11 is 1.20. The highest BCUT2D eigenvalue weighted by Gasteiger charge is 2.34. The third-order valence-electron chi connectivity index (χ3n) is 4.22. The highest BCUT2D eigenvalue weighted by molar-refractivity contribution is 8.01. The minimum atomic E-state index is -4.01. The quantitative estimate of drug-likeness (QED) is 0.677. The Morgan fingerprint density at radius 2 is 1.90 bits per heavy atom. The molecule has 8 nitrogen and oxygen atoms in total. The Hall–Kier alpha value is -2.85. The van der Waals surface area contributed by atoms with Gasteiger partial charge in [-0.25, -0.2) is 17.5 Å². The number of rotatable bonds is 6. The van der Waals surface area contributed by atoms with E-state index in [1.165, 1.54) is 36.0 Å². The summed E-state index contributed by atoms with van der Waals surface area (Å²) in [6.07, 6.45) is 0.562. The van der Waals surface area contributed by atoms with Crippen LogP contribution in [-0.2, 0) is 24.3 Å². The van der Waals surface area contributed by atoms with Gasteiger partial charge >= 0.3 is 5.97 Å². The molecule has 158 valence electrons. The van der Waals surface area contributed by atoms with Gasteiger partial charge in [0.25, 0.3) is 0 Å². The molecule has 0 aliphatic carbocycles. The normalized spacial score (nSPS) is 15.7. The van der Waals surface area contributed by atoms with E-state index in [-0.39, 0.29) is 30.2 Å². The van der Waals surface area contributed by atoms with Crippen LogP contribution in [-0.4, -0.2) is 44.3 Å². The van der Waals surface area contributed by atoms with E-state index in [0.717, 1.165) is 11.2 Å². The van der Waals surface area contributed by atoms with Crippen LogP contribution in [0.4, 0.5) is 11.4 Å². The van der Waals surface area contributed by atoms with Crippen LogP contribution in [0.5, 0.6) is 0 Å². The van der Waals surface area contributed by atoms with Crippen molar-refractivity contribution in [1.82, 2.24) is 0 Å². The van der Waals surface area contributed by atoms with E-state index in [1.807, 2.05) is 12.1 Å². The van der Waals surface area contributed by atoms with Crippen molar-refractivity contribution in [3.05, 3.63) is 54.1 Å². The number of anilines is 2. The molecule has 1 unspecified atom stereocenters. The molecule has 0 spiro atoms. The molecule has 0 saturated heterocycles. The second-order valence-corrected chi connectivity index (χ2v) is 9.56. The van der Waals surface area contributed by atoms with Crippen molar-refractivity contribution in [2.75, 3.05) is 22.5 Å². The largest absolute Gasteiger partial charge is 0.462 e. The fraction of sp³-hybridized carbons (Fsp3) is 0.250. The molecule has 30 heavy (non-hydrogen) atoms. The average Bonchev–Trinajstić information content (AvgIpc) is 2.68. The number of esters is 1. The van der Waals surface area contributed by atoms with Crippen LogP contribution in [0.2, 0.25) is 0 Å². The van der Waals surface area contributed by atoms with Crippen molar-refractivity contribution in [2.45, 2.75) is 23.5 Å². The van der Waals surface area contributed by atoms with Crippen LogP contribution in [0, 0.1) is 0 Å². The van der Waals surface area contributed by atoms with Gasteiger partial charge in [-0.3, -0.25) is 9.59 Å². The van der Waals surface area contributed by atoms with E-state index in [1.54, 1.807) is 19.1 Å². The number of hydrogen-bond acceptors (Lipinski definition) is 7. The van der Waals surface area contributed by atoms with Crippen molar-refractivity contribution in [2.24, 2.45) is 0 Å². The first-order chi connectivity index (χ1) is 14.2. The Morgan fingerprint density at radius 1 is 1.17 bits per heavy atom. The van der Waals surface area contributed by atoms with Crippen molar-refractivity contribution in [1.29, 1.82) is 0 Å². The van der Waals surface area contributed by atoms with E-state index < -0.39 is 27.1 Å². The van der Waals surface area contributed by atoms with Crippen LogP contribution in [0.1, 0.15) is 23.7 Å². The lowest BCUT2D eigenvalue weighted by Crippen LogP contribution is -2.40. The predicted molar refractivity (Wildman–Crippen MR) is 114 cm³/mol. The number of benzene rings is 2. The molecule has 3 rings (SSSR count). The molecule has 2 amide bonds. The maximum atomic E-state index is 13.0. The number of para-hydroxylation sites is 1. The summed E-state index contributed by atoms with van der Waals surface area (Å²) in [5, 5.41) is 1.94. The molecule has 10 heteroatoms. The number of nitrogens with one attached hydrogen (secondary N) is 1. The number of thioether (sulfide) groups is 1. The van der Waals surface area contributed by atoms with Gasteiger partial charge in [0.15, 0.2) is 0 Å². The Kier molecular flexibility index (Phi) is 6.47. The van der Waals surface area contributed by atoms with Crippen LogP contribution >= 0.6 is 11.8 Å². The molecule has 0 bridgehead atoms. The summed E-state index contributed by atoms with van der Waals surface area (Å²) in [7, 11) is -4.01. The molecule has 0 fully saturated rings. The number of nitrogens with zero attached hydrogens (tertiary/aromatic N) is 1. The first kappa shape index (κ1) is 21.8. The molecule has 1 N–H and O–H groups in total. The zero-order chi connectivity index (χ0) is 21.9. The Balaban J connectivity index is 1.87. The molecule has 2 aromatic rings. The van der Waals surface area contributed by atoms with Crippen molar-refractivity contribution in [3.63, 3.8) is 0 Å². The molecule has 2 aromatic carbocycles. The third kappa shape index (κ3) is 4.82. The van der Waals surface area contributed by atoms with Gasteiger partial charge in [-0.2, -0.15) is 0 Å². The first-order valence-corrected chi connectivity index (χ1v) is 11.8. The van der Waals surface area contributed by atoms with E-state index in [0.29, 0.717) is 9.99 Å². The van der Waals surface area contributed by atoms with Gasteiger partial charge in [0, 0.05) is 11.3 Å². The molecule has 1 aliphatic rings. The fourth-order valence-corrected chi connectivity index (χ4v) is 5.01. The highest BCUT2D eigenvalue weighted by Crippen LogP contribution is 2.37. The zero-order valence-electron chi connectivity index (χ0n) is 16.3. The van der Waals surface area contributed by atoms with Gasteiger partial charge in [0.1, 0.15) is 0 Å². The molecular formula is C20H20N2O6S2. The minimum absolute atomic E-state index is 0.00895. The topological polar surface area (TPSA) is 110 Å². The van der Waals surface area contributed by atoms with Crippen molar-refractivity contribution < 1.29 is 27.5 Å².